The van der Waals surface area contributed by atoms with Gasteiger partial charge in [-0.2, -0.15) is 0 Å². The van der Waals surface area contributed by atoms with Gasteiger partial charge in [0.05, 0.1) is 26.7 Å². The van der Waals surface area contributed by atoms with Crippen molar-refractivity contribution in [3.63, 3.8) is 0 Å². The van der Waals surface area contributed by atoms with Crippen molar-refractivity contribution in [2.75, 3.05) is 27.4 Å². The van der Waals surface area contributed by atoms with Gasteiger partial charge in [0.1, 0.15) is 0 Å². The third-order valence-electron chi connectivity index (χ3n) is 3.36. The standard InChI is InChI=1S/C15H21NO4/c1-18-13-6-5-11(8-14(13)19-2)9-15(17)16-10-12-4-3-7-20-12/h5-6,8,12H,3-4,7,9-10H2,1-2H3,(H,16,17)/t12-/m1/s1. The van der Waals surface area contributed by atoms with Crippen molar-refractivity contribution in [1.29, 1.82) is 0 Å². The first kappa shape index (κ1) is 14.7. The monoisotopic (exact) mass is 279 g/mol. The molecule has 1 heterocycles. The molecule has 1 aliphatic rings. The molecule has 1 amide bonds. The number of carbonyl (C=O) groups excluding carboxylic acids is 1. The van der Waals surface area contributed by atoms with Crippen molar-refractivity contribution in [3.8, 4) is 11.5 Å². The van der Waals surface area contributed by atoms with Crippen LogP contribution < -0.4 is 14.8 Å². The summed E-state index contributed by atoms with van der Waals surface area (Å²) in [5.41, 5.74) is 0.896. The number of ether oxygens (including phenoxy) is 3. The average Bonchev–Trinajstić information content (AvgIpc) is 2.98. The van der Waals surface area contributed by atoms with E-state index in [1.165, 1.54) is 0 Å². The van der Waals surface area contributed by atoms with E-state index in [-0.39, 0.29) is 12.0 Å². The van der Waals surface area contributed by atoms with Gasteiger partial charge in [-0.3, -0.25) is 4.79 Å². The second-order valence-electron chi connectivity index (χ2n) is 4.81. The minimum absolute atomic E-state index is 0.00674. The SMILES string of the molecule is COc1ccc(CC(=O)NC[C@H]2CCCO2)cc1OC. The van der Waals surface area contributed by atoms with Gasteiger partial charge in [-0.15, -0.1) is 0 Å². The van der Waals surface area contributed by atoms with Crippen LogP contribution in [0.3, 0.4) is 0 Å². The van der Waals surface area contributed by atoms with Gasteiger partial charge >= 0.3 is 0 Å². The zero-order valence-electron chi connectivity index (χ0n) is 12.0. The summed E-state index contributed by atoms with van der Waals surface area (Å²) in [4.78, 5) is 11.9. The fourth-order valence-electron chi connectivity index (χ4n) is 2.27. The Morgan fingerprint density at radius 1 is 1.35 bits per heavy atom. The van der Waals surface area contributed by atoms with Crippen molar-refractivity contribution in [2.45, 2.75) is 25.4 Å². The number of amides is 1. The van der Waals surface area contributed by atoms with Crippen molar-refractivity contribution in [2.24, 2.45) is 0 Å². The van der Waals surface area contributed by atoms with Crippen LogP contribution in [0.15, 0.2) is 18.2 Å². The molecule has 1 aliphatic heterocycles. The maximum Gasteiger partial charge on any atom is 0.224 e. The predicted molar refractivity (Wildman–Crippen MR) is 75.2 cm³/mol. The van der Waals surface area contributed by atoms with E-state index in [1.807, 2.05) is 18.2 Å². The van der Waals surface area contributed by atoms with Gasteiger partial charge in [-0.05, 0) is 30.5 Å². The van der Waals surface area contributed by atoms with Gasteiger partial charge in [-0.1, -0.05) is 6.07 Å². The average molecular weight is 279 g/mol. The van der Waals surface area contributed by atoms with Crippen LogP contribution in [0.4, 0.5) is 0 Å². The molecule has 1 aromatic rings. The van der Waals surface area contributed by atoms with Crippen LogP contribution in [0.1, 0.15) is 18.4 Å². The van der Waals surface area contributed by atoms with E-state index in [9.17, 15) is 4.79 Å². The van der Waals surface area contributed by atoms with E-state index in [2.05, 4.69) is 5.32 Å². The molecular formula is C15H21NO4. The molecule has 2 rings (SSSR count). The van der Waals surface area contributed by atoms with E-state index in [0.29, 0.717) is 24.5 Å². The van der Waals surface area contributed by atoms with Crippen LogP contribution in [0.5, 0.6) is 11.5 Å². The fourth-order valence-corrected chi connectivity index (χ4v) is 2.27. The number of carbonyl (C=O) groups is 1. The van der Waals surface area contributed by atoms with Crippen molar-refractivity contribution in [1.82, 2.24) is 5.32 Å². The van der Waals surface area contributed by atoms with Crippen LogP contribution in [0.25, 0.3) is 0 Å². The van der Waals surface area contributed by atoms with Crippen LogP contribution in [-0.4, -0.2) is 39.4 Å². The molecule has 5 heteroatoms. The first-order valence-corrected chi connectivity index (χ1v) is 6.82. The molecule has 0 unspecified atom stereocenters. The number of hydrogen-bond acceptors (Lipinski definition) is 4. The second-order valence-corrected chi connectivity index (χ2v) is 4.81. The van der Waals surface area contributed by atoms with E-state index < -0.39 is 0 Å². The second kappa shape index (κ2) is 7.14. The molecule has 1 saturated heterocycles. The number of methoxy groups -OCH3 is 2. The van der Waals surface area contributed by atoms with Gasteiger partial charge in [0, 0.05) is 13.2 Å². The Bertz CT molecular complexity index is 455. The summed E-state index contributed by atoms with van der Waals surface area (Å²) < 4.78 is 15.9. The highest BCUT2D eigenvalue weighted by Crippen LogP contribution is 2.27. The number of rotatable bonds is 6. The summed E-state index contributed by atoms with van der Waals surface area (Å²) in [6.07, 6.45) is 2.60. The molecule has 1 N–H and O–H groups in total. The van der Waals surface area contributed by atoms with Crippen molar-refractivity contribution >= 4 is 5.91 Å². The Morgan fingerprint density at radius 2 is 2.15 bits per heavy atom. The van der Waals surface area contributed by atoms with Gasteiger partial charge in [0.15, 0.2) is 11.5 Å². The number of benzene rings is 1. The molecule has 0 aromatic heterocycles. The van der Waals surface area contributed by atoms with Gasteiger partial charge in [0.25, 0.3) is 0 Å². The van der Waals surface area contributed by atoms with Crippen molar-refractivity contribution < 1.29 is 19.0 Å². The topological polar surface area (TPSA) is 56.8 Å². The molecule has 0 radical (unpaired) electrons. The molecule has 110 valence electrons. The van der Waals surface area contributed by atoms with E-state index in [0.717, 1.165) is 25.0 Å². The predicted octanol–water partition coefficient (Wildman–Crippen LogP) is 1.54. The smallest absolute Gasteiger partial charge is 0.224 e. The summed E-state index contributed by atoms with van der Waals surface area (Å²) in [5, 5.41) is 2.90. The van der Waals surface area contributed by atoms with E-state index in [1.54, 1.807) is 14.2 Å². The minimum atomic E-state index is -0.00674. The summed E-state index contributed by atoms with van der Waals surface area (Å²) in [5.74, 6) is 1.29. The Kier molecular flexibility index (Phi) is 5.24. The molecule has 5 nitrogen and oxygen atoms in total. The number of hydrogen-bond donors (Lipinski definition) is 1. The lowest BCUT2D eigenvalue weighted by Gasteiger charge is -2.12. The Hall–Kier alpha value is -1.75. The van der Waals surface area contributed by atoms with Gasteiger partial charge in [0.2, 0.25) is 5.91 Å². The fraction of sp³-hybridized carbons (Fsp3) is 0.533. The normalized spacial score (nSPS) is 17.8. The summed E-state index contributed by atoms with van der Waals surface area (Å²) in [7, 11) is 3.17. The van der Waals surface area contributed by atoms with Crippen LogP contribution >= 0.6 is 0 Å². The summed E-state index contributed by atoms with van der Waals surface area (Å²) >= 11 is 0. The maximum atomic E-state index is 11.9. The third kappa shape index (κ3) is 3.87. The molecule has 1 atom stereocenters. The van der Waals surface area contributed by atoms with Crippen molar-refractivity contribution in [3.05, 3.63) is 23.8 Å². The molecule has 0 bridgehead atoms. The zero-order valence-corrected chi connectivity index (χ0v) is 12.0. The zero-order chi connectivity index (χ0) is 14.4. The lowest BCUT2D eigenvalue weighted by Crippen LogP contribution is -2.32. The highest BCUT2D eigenvalue weighted by molar-refractivity contribution is 5.78. The van der Waals surface area contributed by atoms with Crippen LogP contribution in [0.2, 0.25) is 0 Å². The first-order chi connectivity index (χ1) is 9.72. The Balaban J connectivity index is 1.86. The third-order valence-corrected chi connectivity index (χ3v) is 3.36. The molecule has 0 aliphatic carbocycles. The molecule has 0 spiro atoms. The molecule has 20 heavy (non-hydrogen) atoms. The minimum Gasteiger partial charge on any atom is -0.493 e. The highest BCUT2D eigenvalue weighted by atomic mass is 16.5. The van der Waals surface area contributed by atoms with Gasteiger partial charge in [-0.25, -0.2) is 0 Å². The highest BCUT2D eigenvalue weighted by Gasteiger charge is 2.16. The van der Waals surface area contributed by atoms with Gasteiger partial charge < -0.3 is 19.5 Å². The molecule has 0 saturated carbocycles. The molecule has 1 aromatic carbocycles. The largest absolute Gasteiger partial charge is 0.493 e. The molecular weight excluding hydrogens is 258 g/mol. The quantitative estimate of drug-likeness (QED) is 0.858. The van der Waals surface area contributed by atoms with E-state index >= 15 is 0 Å². The Morgan fingerprint density at radius 3 is 2.80 bits per heavy atom. The Labute approximate surface area is 119 Å². The molecule has 1 fully saturated rings. The summed E-state index contributed by atoms with van der Waals surface area (Å²) in [6.45, 7) is 1.39. The lowest BCUT2D eigenvalue weighted by molar-refractivity contribution is -0.120. The lowest BCUT2D eigenvalue weighted by atomic mass is 10.1. The van der Waals surface area contributed by atoms with E-state index in [4.69, 9.17) is 14.2 Å². The first-order valence-electron chi connectivity index (χ1n) is 6.82. The summed E-state index contributed by atoms with van der Waals surface area (Å²) in [6, 6.07) is 5.50. The van der Waals surface area contributed by atoms with Crippen LogP contribution in [0, 0.1) is 0 Å². The maximum absolute atomic E-state index is 11.9. The van der Waals surface area contributed by atoms with Crippen LogP contribution in [-0.2, 0) is 16.0 Å². The number of nitrogens with one attached hydrogen (secondary N) is 1.